The minimum Gasteiger partial charge on any atom is -0.360 e. The maximum Gasteiger partial charge on any atom is 0.206 e. The third-order valence-electron chi connectivity index (χ3n) is 1.13. The van der Waals surface area contributed by atoms with Crippen molar-refractivity contribution < 1.29 is 4.79 Å². The van der Waals surface area contributed by atoms with E-state index in [0.717, 1.165) is 16.0 Å². The number of thioether (sulfide) groups is 1. The van der Waals surface area contributed by atoms with Gasteiger partial charge in [0.2, 0.25) is 5.13 Å². The first-order chi connectivity index (χ1) is 6.22. The largest absolute Gasteiger partial charge is 0.360 e. The molecular formula is C7H11N3OS2. The number of nitrogens with zero attached hydrogens (tertiary/aromatic N) is 2. The van der Waals surface area contributed by atoms with Crippen LogP contribution in [0, 0.1) is 0 Å². The number of anilines is 1. The molecule has 1 rings (SSSR count). The molecule has 0 aliphatic carbocycles. The Morgan fingerprint density at radius 3 is 3.00 bits per heavy atom. The van der Waals surface area contributed by atoms with E-state index >= 15 is 0 Å². The molecule has 0 spiro atoms. The van der Waals surface area contributed by atoms with Gasteiger partial charge in [-0.05, 0) is 13.8 Å². The molecule has 1 heterocycles. The van der Waals surface area contributed by atoms with Gasteiger partial charge in [0.1, 0.15) is 5.78 Å². The Morgan fingerprint density at radius 2 is 2.38 bits per heavy atom. The molecule has 0 amide bonds. The van der Waals surface area contributed by atoms with Crippen LogP contribution in [0.25, 0.3) is 0 Å². The van der Waals surface area contributed by atoms with Gasteiger partial charge in [-0.1, -0.05) is 23.1 Å². The van der Waals surface area contributed by atoms with E-state index < -0.39 is 0 Å². The lowest BCUT2D eigenvalue weighted by atomic mass is 10.5. The summed E-state index contributed by atoms with van der Waals surface area (Å²) in [7, 11) is 0. The average Bonchev–Trinajstić information content (AvgIpc) is 2.50. The number of carbonyl (C=O) groups excluding carboxylic acids is 1. The van der Waals surface area contributed by atoms with Gasteiger partial charge in [0, 0.05) is 6.54 Å². The van der Waals surface area contributed by atoms with Crippen LogP contribution in [-0.2, 0) is 4.79 Å². The Balaban J connectivity index is 2.44. The van der Waals surface area contributed by atoms with Crippen molar-refractivity contribution in [3.8, 4) is 0 Å². The fourth-order valence-corrected chi connectivity index (χ4v) is 2.27. The highest BCUT2D eigenvalue weighted by atomic mass is 32.2. The van der Waals surface area contributed by atoms with Gasteiger partial charge in [-0.2, -0.15) is 0 Å². The van der Waals surface area contributed by atoms with Crippen LogP contribution in [0.4, 0.5) is 5.13 Å². The van der Waals surface area contributed by atoms with E-state index in [9.17, 15) is 4.79 Å². The second kappa shape index (κ2) is 5.18. The molecule has 0 aliphatic heterocycles. The monoisotopic (exact) mass is 217 g/mol. The lowest BCUT2D eigenvalue weighted by Gasteiger charge is -1.91. The van der Waals surface area contributed by atoms with Gasteiger partial charge >= 0.3 is 0 Å². The summed E-state index contributed by atoms with van der Waals surface area (Å²) >= 11 is 2.91. The summed E-state index contributed by atoms with van der Waals surface area (Å²) in [5, 5.41) is 11.7. The Kier molecular flexibility index (Phi) is 4.17. The van der Waals surface area contributed by atoms with Crippen molar-refractivity contribution in [3.63, 3.8) is 0 Å². The van der Waals surface area contributed by atoms with Gasteiger partial charge in [0.25, 0.3) is 0 Å². The summed E-state index contributed by atoms with van der Waals surface area (Å²) in [6, 6.07) is 0. The molecule has 0 radical (unpaired) electrons. The molecule has 0 bridgehead atoms. The minimum atomic E-state index is 0.158. The molecule has 0 atom stereocenters. The van der Waals surface area contributed by atoms with Gasteiger partial charge in [0.05, 0.1) is 5.75 Å². The van der Waals surface area contributed by atoms with Gasteiger partial charge in [0.15, 0.2) is 4.34 Å². The van der Waals surface area contributed by atoms with Gasteiger partial charge in [-0.15, -0.1) is 10.2 Å². The molecular weight excluding hydrogens is 206 g/mol. The fraction of sp³-hybridized carbons (Fsp3) is 0.571. The summed E-state index contributed by atoms with van der Waals surface area (Å²) in [4.78, 5) is 10.7. The maximum absolute atomic E-state index is 10.7. The van der Waals surface area contributed by atoms with Crippen LogP contribution < -0.4 is 5.32 Å². The van der Waals surface area contributed by atoms with E-state index in [4.69, 9.17) is 0 Å². The molecule has 0 fully saturated rings. The number of carbonyl (C=O) groups is 1. The quantitative estimate of drug-likeness (QED) is 0.760. The smallest absolute Gasteiger partial charge is 0.206 e. The van der Waals surface area contributed by atoms with Crippen molar-refractivity contribution in [2.45, 2.75) is 18.2 Å². The standard InChI is InChI=1S/C7H11N3OS2/c1-3-8-6-9-10-7(13-6)12-4-5(2)11/h3-4H2,1-2H3,(H,8,9). The van der Waals surface area contributed by atoms with Crippen LogP contribution in [-0.4, -0.2) is 28.3 Å². The molecule has 0 aromatic carbocycles. The van der Waals surface area contributed by atoms with E-state index in [2.05, 4.69) is 15.5 Å². The van der Waals surface area contributed by atoms with Crippen molar-refractivity contribution >= 4 is 34.0 Å². The minimum absolute atomic E-state index is 0.158. The van der Waals surface area contributed by atoms with Crippen LogP contribution >= 0.6 is 23.1 Å². The van der Waals surface area contributed by atoms with Crippen molar-refractivity contribution in [3.05, 3.63) is 0 Å². The van der Waals surface area contributed by atoms with Crippen LogP contribution in [0.5, 0.6) is 0 Å². The molecule has 6 heteroatoms. The summed E-state index contributed by atoms with van der Waals surface area (Å²) < 4.78 is 0.839. The lowest BCUT2D eigenvalue weighted by Crippen LogP contribution is -1.94. The zero-order chi connectivity index (χ0) is 9.68. The topological polar surface area (TPSA) is 54.9 Å². The number of Topliss-reactive ketones (excluding diaryl/α,β-unsaturated/α-hetero) is 1. The maximum atomic E-state index is 10.7. The number of hydrogen-bond acceptors (Lipinski definition) is 6. The number of hydrogen-bond donors (Lipinski definition) is 1. The van der Waals surface area contributed by atoms with Crippen molar-refractivity contribution in [2.75, 3.05) is 17.6 Å². The molecule has 72 valence electrons. The highest BCUT2D eigenvalue weighted by Crippen LogP contribution is 2.24. The Labute approximate surface area is 85.1 Å². The second-order valence-corrected chi connectivity index (χ2v) is 4.59. The predicted octanol–water partition coefficient (Wildman–Crippen LogP) is 1.65. The predicted molar refractivity (Wildman–Crippen MR) is 55.5 cm³/mol. The molecule has 1 aromatic rings. The van der Waals surface area contributed by atoms with Crippen molar-refractivity contribution in [1.82, 2.24) is 10.2 Å². The first kappa shape index (κ1) is 10.5. The SMILES string of the molecule is CCNc1nnc(SCC(C)=O)s1. The number of aromatic nitrogens is 2. The van der Waals surface area contributed by atoms with Crippen LogP contribution in [0.2, 0.25) is 0 Å². The molecule has 0 aliphatic rings. The summed E-state index contributed by atoms with van der Waals surface area (Å²) in [6.07, 6.45) is 0. The summed E-state index contributed by atoms with van der Waals surface area (Å²) in [5.41, 5.74) is 0. The fourth-order valence-electron chi connectivity index (χ4n) is 0.654. The Hall–Kier alpha value is -0.620. The molecule has 13 heavy (non-hydrogen) atoms. The van der Waals surface area contributed by atoms with Gasteiger partial charge < -0.3 is 5.32 Å². The van der Waals surface area contributed by atoms with Crippen molar-refractivity contribution in [2.24, 2.45) is 0 Å². The van der Waals surface area contributed by atoms with E-state index in [1.165, 1.54) is 23.1 Å². The van der Waals surface area contributed by atoms with E-state index in [1.54, 1.807) is 6.92 Å². The summed E-state index contributed by atoms with van der Waals surface area (Å²) in [5.74, 6) is 0.631. The van der Waals surface area contributed by atoms with E-state index in [0.29, 0.717) is 5.75 Å². The van der Waals surface area contributed by atoms with E-state index in [1.807, 2.05) is 6.92 Å². The average molecular weight is 217 g/mol. The number of nitrogens with one attached hydrogen (secondary N) is 1. The first-order valence-corrected chi connectivity index (χ1v) is 5.72. The molecule has 0 saturated carbocycles. The third-order valence-corrected chi connectivity index (χ3v) is 3.29. The molecule has 0 unspecified atom stereocenters. The molecule has 1 N–H and O–H groups in total. The Bertz CT molecular complexity index is 287. The zero-order valence-electron chi connectivity index (χ0n) is 7.53. The molecule has 4 nitrogen and oxygen atoms in total. The van der Waals surface area contributed by atoms with Gasteiger partial charge in [-0.25, -0.2) is 0 Å². The highest BCUT2D eigenvalue weighted by molar-refractivity contribution is 8.01. The summed E-state index contributed by atoms with van der Waals surface area (Å²) in [6.45, 7) is 4.41. The molecule has 0 saturated heterocycles. The van der Waals surface area contributed by atoms with Crippen LogP contribution in [0.15, 0.2) is 4.34 Å². The zero-order valence-corrected chi connectivity index (χ0v) is 9.17. The Morgan fingerprint density at radius 1 is 1.62 bits per heavy atom. The van der Waals surface area contributed by atoms with Crippen LogP contribution in [0.3, 0.4) is 0 Å². The third kappa shape index (κ3) is 3.73. The lowest BCUT2D eigenvalue weighted by molar-refractivity contribution is -0.114. The van der Waals surface area contributed by atoms with E-state index in [-0.39, 0.29) is 5.78 Å². The number of ketones is 1. The van der Waals surface area contributed by atoms with Gasteiger partial charge in [-0.3, -0.25) is 4.79 Å². The van der Waals surface area contributed by atoms with Crippen molar-refractivity contribution in [1.29, 1.82) is 0 Å². The first-order valence-electron chi connectivity index (χ1n) is 3.92. The molecule has 1 aromatic heterocycles. The number of rotatable bonds is 5. The van der Waals surface area contributed by atoms with Crippen LogP contribution in [0.1, 0.15) is 13.8 Å². The highest BCUT2D eigenvalue weighted by Gasteiger charge is 2.04. The normalized spacial score (nSPS) is 10.0. The second-order valence-electron chi connectivity index (χ2n) is 2.39.